The molecule has 0 saturated heterocycles. The number of benzene rings is 1. The first-order valence-electron chi connectivity index (χ1n) is 6.76. The van der Waals surface area contributed by atoms with Crippen LogP contribution in [0.25, 0.3) is 0 Å². The van der Waals surface area contributed by atoms with Gasteiger partial charge >= 0.3 is 0 Å². The zero-order valence-electron chi connectivity index (χ0n) is 12.3. The summed E-state index contributed by atoms with van der Waals surface area (Å²) in [6.45, 7) is 3.75. The minimum Gasteiger partial charge on any atom is -0.409 e. The second-order valence-electron chi connectivity index (χ2n) is 5.13. The Kier molecular flexibility index (Phi) is 4.90. The Balaban J connectivity index is 2.06. The molecular weight excluding hydrogens is 264 g/mol. The zero-order valence-corrected chi connectivity index (χ0v) is 12.3. The van der Waals surface area contributed by atoms with Gasteiger partial charge < -0.3 is 10.9 Å². The Hall–Kier alpha value is -2.40. The summed E-state index contributed by atoms with van der Waals surface area (Å²) >= 11 is 0. The van der Waals surface area contributed by atoms with Crippen LogP contribution >= 0.6 is 0 Å². The maximum atomic E-state index is 8.70. The molecule has 0 aliphatic rings. The molecule has 0 amide bonds. The van der Waals surface area contributed by atoms with Gasteiger partial charge in [-0.1, -0.05) is 29.4 Å². The van der Waals surface area contributed by atoms with Crippen molar-refractivity contribution in [3.63, 3.8) is 0 Å². The molecule has 110 valence electrons. The first-order valence-corrected chi connectivity index (χ1v) is 6.76. The van der Waals surface area contributed by atoms with E-state index in [-0.39, 0.29) is 5.84 Å². The Morgan fingerprint density at radius 1 is 1.29 bits per heavy atom. The minimum atomic E-state index is 0.0263. The van der Waals surface area contributed by atoms with Gasteiger partial charge in [-0.15, -0.1) is 0 Å². The van der Waals surface area contributed by atoms with Crippen molar-refractivity contribution in [2.24, 2.45) is 10.9 Å². The largest absolute Gasteiger partial charge is 0.409 e. The van der Waals surface area contributed by atoms with Crippen LogP contribution in [0, 0.1) is 6.92 Å². The standard InChI is InChI=1S/C16H20N4O/c1-12-5-3-4-6-14(12)11-20(2)10-13-7-8-18-15(9-13)16(17)19-21/h3-9,21H,10-11H2,1-2H3,(H2,17,19). The second-order valence-corrected chi connectivity index (χ2v) is 5.13. The molecule has 3 N–H and O–H groups in total. The van der Waals surface area contributed by atoms with Crippen molar-refractivity contribution in [2.45, 2.75) is 20.0 Å². The van der Waals surface area contributed by atoms with Crippen molar-refractivity contribution < 1.29 is 5.21 Å². The molecule has 0 bridgehead atoms. The van der Waals surface area contributed by atoms with E-state index in [1.165, 1.54) is 11.1 Å². The lowest BCUT2D eigenvalue weighted by Gasteiger charge is -2.18. The predicted octanol–water partition coefficient (Wildman–Crippen LogP) is 2.12. The summed E-state index contributed by atoms with van der Waals surface area (Å²) in [5, 5.41) is 11.7. The van der Waals surface area contributed by atoms with Crippen LogP contribution in [-0.4, -0.2) is 28.0 Å². The zero-order chi connectivity index (χ0) is 15.2. The Morgan fingerprint density at radius 3 is 2.76 bits per heavy atom. The summed E-state index contributed by atoms with van der Waals surface area (Å²) in [5.74, 6) is 0.0263. The first kappa shape index (κ1) is 15.0. The number of nitrogens with zero attached hydrogens (tertiary/aromatic N) is 3. The summed E-state index contributed by atoms with van der Waals surface area (Å²) in [4.78, 5) is 6.30. The van der Waals surface area contributed by atoms with E-state index < -0.39 is 0 Å². The predicted molar refractivity (Wildman–Crippen MR) is 83.1 cm³/mol. The van der Waals surface area contributed by atoms with Crippen molar-refractivity contribution in [3.05, 3.63) is 65.0 Å². The molecule has 1 heterocycles. The SMILES string of the molecule is Cc1ccccc1CN(C)Cc1ccnc(C(N)=NO)c1. The number of aromatic nitrogens is 1. The lowest BCUT2D eigenvalue weighted by molar-refractivity contribution is 0.317. The van der Waals surface area contributed by atoms with Gasteiger partial charge in [0, 0.05) is 19.3 Å². The number of oxime groups is 1. The third kappa shape index (κ3) is 4.03. The van der Waals surface area contributed by atoms with Crippen LogP contribution in [0.3, 0.4) is 0 Å². The maximum Gasteiger partial charge on any atom is 0.188 e. The number of pyridine rings is 1. The van der Waals surface area contributed by atoms with Crippen molar-refractivity contribution in [2.75, 3.05) is 7.05 Å². The van der Waals surface area contributed by atoms with Crippen LogP contribution in [0.1, 0.15) is 22.4 Å². The summed E-state index contributed by atoms with van der Waals surface area (Å²) in [7, 11) is 2.07. The third-order valence-electron chi connectivity index (χ3n) is 3.35. The lowest BCUT2D eigenvalue weighted by Crippen LogP contribution is -2.19. The van der Waals surface area contributed by atoms with Crippen LogP contribution in [-0.2, 0) is 13.1 Å². The molecule has 21 heavy (non-hydrogen) atoms. The summed E-state index contributed by atoms with van der Waals surface area (Å²) in [5.41, 5.74) is 9.72. The fourth-order valence-corrected chi connectivity index (χ4v) is 2.21. The highest BCUT2D eigenvalue weighted by Crippen LogP contribution is 2.12. The summed E-state index contributed by atoms with van der Waals surface area (Å²) < 4.78 is 0. The van der Waals surface area contributed by atoms with E-state index >= 15 is 0 Å². The van der Waals surface area contributed by atoms with Crippen LogP contribution in [0.4, 0.5) is 0 Å². The van der Waals surface area contributed by atoms with E-state index in [2.05, 4.69) is 47.2 Å². The van der Waals surface area contributed by atoms with E-state index in [1.807, 2.05) is 18.2 Å². The number of nitrogens with two attached hydrogens (primary N) is 1. The Bertz CT molecular complexity index is 640. The van der Waals surface area contributed by atoms with Crippen LogP contribution < -0.4 is 5.73 Å². The van der Waals surface area contributed by atoms with Crippen molar-refractivity contribution in [1.29, 1.82) is 0 Å². The van der Waals surface area contributed by atoms with Gasteiger partial charge in [-0.3, -0.25) is 9.88 Å². The number of amidine groups is 1. The van der Waals surface area contributed by atoms with Gasteiger partial charge in [-0.2, -0.15) is 0 Å². The average Bonchev–Trinajstić information content (AvgIpc) is 2.49. The van der Waals surface area contributed by atoms with Gasteiger partial charge in [0.2, 0.25) is 0 Å². The first-order chi connectivity index (χ1) is 10.1. The molecule has 0 atom stereocenters. The third-order valence-corrected chi connectivity index (χ3v) is 3.35. The molecule has 0 unspecified atom stereocenters. The minimum absolute atomic E-state index is 0.0263. The number of rotatable bonds is 5. The van der Waals surface area contributed by atoms with Gasteiger partial charge in [-0.25, -0.2) is 0 Å². The number of aryl methyl sites for hydroxylation is 1. The van der Waals surface area contributed by atoms with Crippen molar-refractivity contribution >= 4 is 5.84 Å². The van der Waals surface area contributed by atoms with E-state index in [9.17, 15) is 0 Å². The summed E-state index contributed by atoms with van der Waals surface area (Å²) in [6, 6.07) is 12.1. The summed E-state index contributed by atoms with van der Waals surface area (Å²) in [6.07, 6.45) is 1.67. The highest BCUT2D eigenvalue weighted by atomic mass is 16.4. The molecule has 0 aliphatic heterocycles. The molecule has 2 rings (SSSR count). The average molecular weight is 284 g/mol. The monoisotopic (exact) mass is 284 g/mol. The quantitative estimate of drug-likeness (QED) is 0.382. The normalized spacial score (nSPS) is 11.9. The maximum absolute atomic E-state index is 8.70. The van der Waals surface area contributed by atoms with Crippen molar-refractivity contribution in [3.8, 4) is 0 Å². The Morgan fingerprint density at radius 2 is 2.05 bits per heavy atom. The number of hydrogen-bond donors (Lipinski definition) is 2. The van der Waals surface area contributed by atoms with Crippen LogP contribution in [0.5, 0.6) is 0 Å². The topological polar surface area (TPSA) is 74.7 Å². The number of hydrogen-bond acceptors (Lipinski definition) is 4. The molecule has 0 radical (unpaired) electrons. The molecule has 2 aromatic rings. The van der Waals surface area contributed by atoms with E-state index in [0.717, 1.165) is 18.7 Å². The second kappa shape index (κ2) is 6.85. The van der Waals surface area contributed by atoms with Gasteiger partial charge in [0.05, 0.1) is 0 Å². The molecular formula is C16H20N4O. The van der Waals surface area contributed by atoms with Gasteiger partial charge in [0.1, 0.15) is 5.69 Å². The fraction of sp³-hybridized carbons (Fsp3) is 0.250. The van der Waals surface area contributed by atoms with Gasteiger partial charge in [0.25, 0.3) is 0 Å². The molecule has 5 nitrogen and oxygen atoms in total. The van der Waals surface area contributed by atoms with Crippen LogP contribution in [0.15, 0.2) is 47.8 Å². The van der Waals surface area contributed by atoms with Crippen molar-refractivity contribution in [1.82, 2.24) is 9.88 Å². The smallest absolute Gasteiger partial charge is 0.188 e. The van der Waals surface area contributed by atoms with E-state index in [4.69, 9.17) is 10.9 Å². The highest BCUT2D eigenvalue weighted by molar-refractivity contribution is 5.95. The molecule has 5 heteroatoms. The molecule has 1 aromatic heterocycles. The highest BCUT2D eigenvalue weighted by Gasteiger charge is 2.06. The Labute approximate surface area is 124 Å². The molecule has 0 spiro atoms. The van der Waals surface area contributed by atoms with Gasteiger partial charge in [-0.05, 0) is 42.8 Å². The van der Waals surface area contributed by atoms with E-state index in [1.54, 1.807) is 6.20 Å². The molecule has 1 aromatic carbocycles. The fourth-order valence-electron chi connectivity index (χ4n) is 2.21. The van der Waals surface area contributed by atoms with Crippen LogP contribution in [0.2, 0.25) is 0 Å². The lowest BCUT2D eigenvalue weighted by atomic mass is 10.1. The van der Waals surface area contributed by atoms with Gasteiger partial charge in [0.15, 0.2) is 5.84 Å². The molecule has 0 aliphatic carbocycles. The molecule has 0 saturated carbocycles. The molecule has 0 fully saturated rings. The van der Waals surface area contributed by atoms with E-state index in [0.29, 0.717) is 5.69 Å².